The van der Waals surface area contributed by atoms with Crippen molar-refractivity contribution >= 4 is 53.3 Å². The molecule has 3 aromatic heterocycles. The first-order valence-corrected chi connectivity index (χ1v) is 17.6. The van der Waals surface area contributed by atoms with E-state index in [1.807, 2.05) is 29.5 Å². The number of hydrogen-bond donors (Lipinski definition) is 0. The Morgan fingerprint density at radius 3 is 1.62 bits per heavy atom. The second kappa shape index (κ2) is 11.7. The van der Waals surface area contributed by atoms with Crippen LogP contribution in [0.1, 0.15) is 0 Å². The van der Waals surface area contributed by atoms with Crippen LogP contribution in [0.4, 0.5) is 0 Å². The molecule has 3 heterocycles. The van der Waals surface area contributed by atoms with Crippen LogP contribution in [-0.2, 0) is 0 Å². The fourth-order valence-corrected chi connectivity index (χ4v) is 8.47. The van der Waals surface area contributed by atoms with Crippen LogP contribution in [0.2, 0.25) is 0 Å². The van der Waals surface area contributed by atoms with Crippen LogP contribution in [0, 0.1) is 0 Å². The van der Waals surface area contributed by atoms with Gasteiger partial charge in [-0.1, -0.05) is 140 Å². The molecule has 3 nitrogen and oxygen atoms in total. The lowest BCUT2D eigenvalue weighted by atomic mass is 10.00. The van der Waals surface area contributed by atoms with E-state index in [0.29, 0.717) is 5.82 Å². The summed E-state index contributed by atoms with van der Waals surface area (Å²) in [7, 11) is 0. The van der Waals surface area contributed by atoms with E-state index >= 15 is 0 Å². The zero-order chi connectivity index (χ0) is 33.0. The number of nitrogens with zero attached hydrogens (tertiary/aromatic N) is 3. The third kappa shape index (κ3) is 4.73. The first-order chi connectivity index (χ1) is 24.8. The molecule has 0 N–H and O–H groups in total. The third-order valence-electron chi connectivity index (χ3n) is 9.66. The van der Waals surface area contributed by atoms with Gasteiger partial charge in [-0.2, -0.15) is 0 Å². The van der Waals surface area contributed by atoms with E-state index in [-0.39, 0.29) is 0 Å². The Morgan fingerprint density at radius 1 is 0.400 bits per heavy atom. The second-order valence-corrected chi connectivity index (χ2v) is 13.7. The van der Waals surface area contributed by atoms with Gasteiger partial charge in [-0.05, 0) is 47.5 Å². The van der Waals surface area contributed by atoms with Gasteiger partial charge >= 0.3 is 0 Å². The van der Waals surface area contributed by atoms with Gasteiger partial charge in [0, 0.05) is 53.3 Å². The zero-order valence-electron chi connectivity index (χ0n) is 27.0. The van der Waals surface area contributed by atoms with Gasteiger partial charge in [-0.25, -0.2) is 9.97 Å². The van der Waals surface area contributed by atoms with Crippen LogP contribution < -0.4 is 0 Å². The molecule has 0 spiro atoms. The Kier molecular flexibility index (Phi) is 6.68. The number of hydrogen-bond acceptors (Lipinski definition) is 3. The highest BCUT2D eigenvalue weighted by atomic mass is 32.1. The van der Waals surface area contributed by atoms with Gasteiger partial charge in [0.15, 0.2) is 5.82 Å². The molecule has 50 heavy (non-hydrogen) atoms. The van der Waals surface area contributed by atoms with Crippen molar-refractivity contribution in [1.29, 1.82) is 0 Å². The molecule has 0 aliphatic rings. The first kappa shape index (κ1) is 28.6. The van der Waals surface area contributed by atoms with E-state index in [2.05, 4.69) is 162 Å². The SMILES string of the molecule is c1ccc(-c2nc(-c3ccc(-c4cccc5c4sc4ccccc45)cc3)cc(-c3ccc(-n4c5ccccc5c5ccccc54)cc3)n2)cc1. The number of rotatable bonds is 5. The van der Waals surface area contributed by atoms with Crippen molar-refractivity contribution in [2.75, 3.05) is 0 Å². The minimum atomic E-state index is 0.712. The van der Waals surface area contributed by atoms with E-state index in [0.717, 1.165) is 33.8 Å². The van der Waals surface area contributed by atoms with Gasteiger partial charge in [0.2, 0.25) is 0 Å². The Balaban J connectivity index is 1.06. The van der Waals surface area contributed by atoms with Gasteiger partial charge in [0.25, 0.3) is 0 Å². The molecule has 0 aliphatic heterocycles. The molecule has 10 aromatic rings. The summed E-state index contributed by atoms with van der Waals surface area (Å²) in [6.07, 6.45) is 0. The van der Waals surface area contributed by atoms with Crippen molar-refractivity contribution in [1.82, 2.24) is 14.5 Å². The van der Waals surface area contributed by atoms with Crippen LogP contribution in [-0.4, -0.2) is 14.5 Å². The quantitative estimate of drug-likeness (QED) is 0.185. The van der Waals surface area contributed by atoms with Gasteiger partial charge in [0.1, 0.15) is 0 Å². The Labute approximate surface area is 293 Å². The van der Waals surface area contributed by atoms with Crippen molar-refractivity contribution in [3.8, 4) is 50.7 Å². The lowest BCUT2D eigenvalue weighted by Crippen LogP contribution is -1.97. The van der Waals surface area contributed by atoms with Gasteiger partial charge in [0.05, 0.1) is 22.4 Å². The number of para-hydroxylation sites is 2. The molecule has 7 aromatic carbocycles. The number of aromatic nitrogens is 3. The van der Waals surface area contributed by atoms with Crippen LogP contribution in [0.15, 0.2) is 176 Å². The predicted molar refractivity (Wildman–Crippen MR) is 211 cm³/mol. The van der Waals surface area contributed by atoms with Crippen molar-refractivity contribution in [2.24, 2.45) is 0 Å². The molecule has 0 amide bonds. The smallest absolute Gasteiger partial charge is 0.160 e. The maximum absolute atomic E-state index is 5.10. The Bertz CT molecular complexity index is 2790. The summed E-state index contributed by atoms with van der Waals surface area (Å²) in [5, 5.41) is 5.14. The van der Waals surface area contributed by atoms with Crippen LogP contribution in [0.5, 0.6) is 0 Å². The highest BCUT2D eigenvalue weighted by Crippen LogP contribution is 2.40. The van der Waals surface area contributed by atoms with Gasteiger partial charge < -0.3 is 4.57 Å². The highest BCUT2D eigenvalue weighted by molar-refractivity contribution is 7.26. The van der Waals surface area contributed by atoms with E-state index in [1.165, 1.54) is 53.1 Å². The summed E-state index contributed by atoms with van der Waals surface area (Å²) in [6, 6.07) is 62.4. The van der Waals surface area contributed by atoms with Crippen molar-refractivity contribution < 1.29 is 0 Å². The maximum atomic E-state index is 5.10. The number of fused-ring (bicyclic) bond motifs is 6. The molecule has 0 atom stereocenters. The molecule has 0 saturated heterocycles. The van der Waals surface area contributed by atoms with E-state index in [1.54, 1.807) is 0 Å². The van der Waals surface area contributed by atoms with Gasteiger partial charge in [-0.3, -0.25) is 0 Å². The minimum absolute atomic E-state index is 0.712. The van der Waals surface area contributed by atoms with E-state index in [9.17, 15) is 0 Å². The highest BCUT2D eigenvalue weighted by Gasteiger charge is 2.15. The zero-order valence-corrected chi connectivity index (χ0v) is 27.8. The number of thiophene rings is 1. The molecular weight excluding hydrogens is 627 g/mol. The largest absolute Gasteiger partial charge is 0.309 e. The lowest BCUT2D eigenvalue weighted by Gasteiger charge is -2.12. The second-order valence-electron chi connectivity index (χ2n) is 12.6. The van der Waals surface area contributed by atoms with Crippen LogP contribution in [0.3, 0.4) is 0 Å². The molecule has 0 radical (unpaired) electrons. The molecule has 0 aliphatic carbocycles. The van der Waals surface area contributed by atoms with Crippen LogP contribution >= 0.6 is 11.3 Å². The molecule has 0 unspecified atom stereocenters. The summed E-state index contributed by atoms with van der Waals surface area (Å²) >= 11 is 1.86. The molecule has 0 saturated carbocycles. The van der Waals surface area contributed by atoms with E-state index in [4.69, 9.17) is 9.97 Å². The first-order valence-electron chi connectivity index (χ1n) is 16.8. The molecule has 4 heteroatoms. The molecule has 234 valence electrons. The normalized spacial score (nSPS) is 11.6. The summed E-state index contributed by atoms with van der Waals surface area (Å²) in [5.74, 6) is 0.712. The fraction of sp³-hybridized carbons (Fsp3) is 0. The number of benzene rings is 7. The van der Waals surface area contributed by atoms with Crippen molar-refractivity contribution in [3.05, 3.63) is 176 Å². The molecule has 0 bridgehead atoms. The monoisotopic (exact) mass is 655 g/mol. The Morgan fingerprint density at radius 2 is 0.940 bits per heavy atom. The van der Waals surface area contributed by atoms with Gasteiger partial charge in [-0.15, -0.1) is 11.3 Å². The molecular formula is C46H29N3S. The predicted octanol–water partition coefficient (Wildman–Crippen LogP) is 12.6. The van der Waals surface area contributed by atoms with Crippen molar-refractivity contribution in [2.45, 2.75) is 0 Å². The molecule has 0 fully saturated rings. The fourth-order valence-electron chi connectivity index (χ4n) is 7.24. The summed E-state index contributed by atoms with van der Waals surface area (Å²) in [6.45, 7) is 0. The average molecular weight is 656 g/mol. The summed E-state index contributed by atoms with van der Waals surface area (Å²) in [4.78, 5) is 10.2. The third-order valence-corrected chi connectivity index (χ3v) is 10.9. The van der Waals surface area contributed by atoms with E-state index < -0.39 is 0 Å². The van der Waals surface area contributed by atoms with Crippen molar-refractivity contribution in [3.63, 3.8) is 0 Å². The Hall–Kier alpha value is -6.36. The van der Waals surface area contributed by atoms with Crippen LogP contribution in [0.25, 0.3) is 92.7 Å². The summed E-state index contributed by atoms with van der Waals surface area (Å²) in [5.41, 5.74) is 10.8. The maximum Gasteiger partial charge on any atom is 0.160 e. The standard InChI is InChI=1S/C46H29N3S/c1-2-11-33(12-3-1)46-47-40(31-23-21-30(22-24-31)35-16-10-17-39-38-15-6-9-20-44(38)50-45(35)39)29-41(48-46)32-25-27-34(28-26-32)49-42-18-7-4-13-36(42)37-14-5-8-19-43(37)49/h1-29H. The minimum Gasteiger partial charge on any atom is -0.309 e. The average Bonchev–Trinajstić information content (AvgIpc) is 3.74. The summed E-state index contributed by atoms with van der Waals surface area (Å²) < 4.78 is 4.98. The molecule has 10 rings (SSSR count). The lowest BCUT2D eigenvalue weighted by molar-refractivity contribution is 1.17. The topological polar surface area (TPSA) is 30.7 Å².